The second-order valence-corrected chi connectivity index (χ2v) is 9.30. The highest BCUT2D eigenvalue weighted by atomic mass is 32.2. The Balaban J connectivity index is 1.54. The van der Waals surface area contributed by atoms with Crippen LogP contribution >= 0.6 is 11.8 Å². The average Bonchev–Trinajstić information content (AvgIpc) is 2.80. The number of anilines is 2. The van der Waals surface area contributed by atoms with Gasteiger partial charge >= 0.3 is 5.97 Å². The molecular formula is C25H26N2O5S. The molecule has 0 radical (unpaired) electrons. The van der Waals surface area contributed by atoms with Crippen LogP contribution in [0.3, 0.4) is 0 Å². The molecule has 0 saturated heterocycles. The fourth-order valence-corrected chi connectivity index (χ4v) is 4.39. The van der Waals surface area contributed by atoms with Crippen molar-refractivity contribution in [1.82, 2.24) is 0 Å². The van der Waals surface area contributed by atoms with E-state index in [9.17, 15) is 24.3 Å². The molecule has 2 aromatic rings. The minimum Gasteiger partial charge on any atom is -0.481 e. The second kappa shape index (κ2) is 11.0. The summed E-state index contributed by atoms with van der Waals surface area (Å²) in [6.45, 7) is 3.28. The van der Waals surface area contributed by atoms with Crippen molar-refractivity contribution in [2.45, 2.75) is 36.8 Å². The number of carboxylic acid groups (broad SMARTS) is 1. The molecule has 0 aromatic heterocycles. The Labute approximate surface area is 196 Å². The van der Waals surface area contributed by atoms with Gasteiger partial charge < -0.3 is 15.7 Å². The number of nitrogens with one attached hydrogen (secondary N) is 2. The number of carbonyl (C=O) groups excluding carboxylic acids is 3. The zero-order chi connectivity index (χ0) is 24.0. The topological polar surface area (TPSA) is 113 Å². The molecule has 3 atom stereocenters. The summed E-state index contributed by atoms with van der Waals surface area (Å²) in [6.07, 6.45) is 4.39. The number of thioether (sulfide) groups is 1. The molecule has 3 unspecified atom stereocenters. The van der Waals surface area contributed by atoms with E-state index < -0.39 is 17.8 Å². The van der Waals surface area contributed by atoms with Gasteiger partial charge in [0.15, 0.2) is 5.78 Å². The molecule has 0 bridgehead atoms. The van der Waals surface area contributed by atoms with Gasteiger partial charge in [0.2, 0.25) is 11.8 Å². The molecule has 172 valence electrons. The first-order valence-corrected chi connectivity index (χ1v) is 11.5. The van der Waals surface area contributed by atoms with E-state index in [4.69, 9.17) is 0 Å². The Bertz CT molecular complexity index is 1060. The highest BCUT2D eigenvalue weighted by Crippen LogP contribution is 2.29. The lowest BCUT2D eigenvalue weighted by molar-refractivity contribution is -0.146. The number of benzene rings is 2. The molecule has 0 saturated carbocycles. The largest absolute Gasteiger partial charge is 0.481 e. The molecule has 0 fully saturated rings. The maximum Gasteiger partial charge on any atom is 0.307 e. The SMILES string of the molecule is CC(=O)c1ccc(NC(=O)C(C)Sc2ccc(NC(=O)C3CC=CCC3C(=O)O)cc2)cc1. The van der Waals surface area contributed by atoms with E-state index in [1.807, 2.05) is 6.08 Å². The predicted molar refractivity (Wildman–Crippen MR) is 128 cm³/mol. The number of amides is 2. The Hall–Kier alpha value is -3.39. The normalized spacial score (nSPS) is 18.2. The average molecular weight is 467 g/mol. The summed E-state index contributed by atoms with van der Waals surface area (Å²) in [5.41, 5.74) is 1.78. The molecule has 33 heavy (non-hydrogen) atoms. The Morgan fingerprint density at radius 1 is 0.879 bits per heavy atom. The molecule has 8 heteroatoms. The van der Waals surface area contributed by atoms with E-state index in [2.05, 4.69) is 10.6 Å². The fourth-order valence-electron chi connectivity index (χ4n) is 3.52. The number of ketones is 1. The van der Waals surface area contributed by atoms with Crippen molar-refractivity contribution in [2.24, 2.45) is 11.8 Å². The minimum absolute atomic E-state index is 0.0336. The van der Waals surface area contributed by atoms with Gasteiger partial charge in [0.25, 0.3) is 0 Å². The Morgan fingerprint density at radius 2 is 1.42 bits per heavy atom. The monoisotopic (exact) mass is 466 g/mol. The van der Waals surface area contributed by atoms with Gasteiger partial charge in [-0.05, 0) is 75.2 Å². The number of allylic oxidation sites excluding steroid dienone is 2. The first-order valence-electron chi connectivity index (χ1n) is 10.6. The van der Waals surface area contributed by atoms with Crippen molar-refractivity contribution < 1.29 is 24.3 Å². The van der Waals surface area contributed by atoms with Crippen molar-refractivity contribution in [1.29, 1.82) is 0 Å². The molecule has 1 aliphatic rings. The maximum atomic E-state index is 12.6. The molecule has 3 N–H and O–H groups in total. The van der Waals surface area contributed by atoms with E-state index in [-0.39, 0.29) is 22.8 Å². The van der Waals surface area contributed by atoms with Crippen LogP contribution < -0.4 is 10.6 Å². The van der Waals surface area contributed by atoms with Crippen molar-refractivity contribution in [3.8, 4) is 0 Å². The molecule has 2 aromatic carbocycles. The van der Waals surface area contributed by atoms with Crippen LogP contribution in [-0.4, -0.2) is 33.9 Å². The highest BCUT2D eigenvalue weighted by Gasteiger charge is 2.33. The Kier molecular flexibility index (Phi) is 8.06. The van der Waals surface area contributed by atoms with E-state index in [1.165, 1.54) is 18.7 Å². The molecule has 0 spiro atoms. The van der Waals surface area contributed by atoms with Gasteiger partial charge in [0.1, 0.15) is 0 Å². The van der Waals surface area contributed by atoms with Crippen LogP contribution in [0, 0.1) is 11.8 Å². The van der Waals surface area contributed by atoms with Crippen LogP contribution in [0.4, 0.5) is 11.4 Å². The van der Waals surface area contributed by atoms with Gasteiger partial charge in [-0.3, -0.25) is 19.2 Å². The van der Waals surface area contributed by atoms with Gasteiger partial charge in [-0.2, -0.15) is 0 Å². The summed E-state index contributed by atoms with van der Waals surface area (Å²) in [5, 5.41) is 14.6. The number of carboxylic acids is 1. The molecule has 7 nitrogen and oxygen atoms in total. The standard InChI is InChI=1S/C25H26N2O5S/c1-15(28)17-7-9-18(10-8-17)26-23(29)16(2)33-20-13-11-19(12-14-20)27-24(30)21-5-3-4-6-22(21)25(31)32/h3-4,7-14,16,21-22H,5-6H2,1-2H3,(H,26,29)(H,27,30)(H,31,32). The Morgan fingerprint density at radius 3 is 2.00 bits per heavy atom. The van der Waals surface area contributed by atoms with Crippen LogP contribution in [0.5, 0.6) is 0 Å². The quantitative estimate of drug-likeness (QED) is 0.297. The summed E-state index contributed by atoms with van der Waals surface area (Å²) >= 11 is 1.37. The first kappa shape index (κ1) is 24.3. The van der Waals surface area contributed by atoms with Crippen molar-refractivity contribution in [3.63, 3.8) is 0 Å². The smallest absolute Gasteiger partial charge is 0.307 e. The van der Waals surface area contributed by atoms with E-state index >= 15 is 0 Å². The lowest BCUT2D eigenvalue weighted by Gasteiger charge is -2.24. The number of Topliss-reactive ketones (excluding diaryl/α,β-unsaturated/α-hetero) is 1. The first-order chi connectivity index (χ1) is 15.7. The summed E-state index contributed by atoms with van der Waals surface area (Å²) in [6, 6.07) is 13.8. The van der Waals surface area contributed by atoms with Gasteiger partial charge in [0, 0.05) is 21.8 Å². The third-order valence-corrected chi connectivity index (χ3v) is 6.56. The minimum atomic E-state index is -0.965. The number of hydrogen-bond donors (Lipinski definition) is 3. The summed E-state index contributed by atoms with van der Waals surface area (Å²) in [4.78, 5) is 48.7. The number of hydrogen-bond acceptors (Lipinski definition) is 5. The van der Waals surface area contributed by atoms with E-state index in [0.717, 1.165) is 4.90 Å². The van der Waals surface area contributed by atoms with Crippen LogP contribution in [0.15, 0.2) is 65.6 Å². The predicted octanol–water partition coefficient (Wildman–Crippen LogP) is 4.61. The number of carbonyl (C=O) groups is 4. The third kappa shape index (κ3) is 6.55. The molecule has 2 amide bonds. The van der Waals surface area contributed by atoms with Crippen molar-refractivity contribution in [2.75, 3.05) is 10.6 Å². The highest BCUT2D eigenvalue weighted by molar-refractivity contribution is 8.00. The maximum absolute atomic E-state index is 12.6. The molecular weight excluding hydrogens is 440 g/mol. The molecule has 0 heterocycles. The van der Waals surface area contributed by atoms with Crippen LogP contribution in [0.1, 0.15) is 37.0 Å². The third-order valence-electron chi connectivity index (χ3n) is 5.45. The van der Waals surface area contributed by atoms with E-state index in [0.29, 0.717) is 29.8 Å². The van der Waals surface area contributed by atoms with Crippen molar-refractivity contribution >= 4 is 46.7 Å². The molecule has 3 rings (SSSR count). The second-order valence-electron chi connectivity index (χ2n) is 7.89. The zero-order valence-electron chi connectivity index (χ0n) is 18.4. The fraction of sp³-hybridized carbons (Fsp3) is 0.280. The molecule has 1 aliphatic carbocycles. The van der Waals surface area contributed by atoms with E-state index in [1.54, 1.807) is 61.5 Å². The van der Waals surface area contributed by atoms with Gasteiger partial charge in [-0.15, -0.1) is 11.8 Å². The summed E-state index contributed by atoms with van der Waals surface area (Å²) < 4.78 is 0. The lowest BCUT2D eigenvalue weighted by Crippen LogP contribution is -2.34. The summed E-state index contributed by atoms with van der Waals surface area (Å²) in [5.74, 6) is -2.80. The van der Waals surface area contributed by atoms with Gasteiger partial charge in [0.05, 0.1) is 17.1 Å². The van der Waals surface area contributed by atoms with Crippen molar-refractivity contribution in [3.05, 3.63) is 66.2 Å². The zero-order valence-corrected chi connectivity index (χ0v) is 19.2. The molecule has 0 aliphatic heterocycles. The number of aliphatic carboxylic acids is 1. The van der Waals surface area contributed by atoms with Crippen LogP contribution in [0.25, 0.3) is 0 Å². The summed E-state index contributed by atoms with van der Waals surface area (Å²) in [7, 11) is 0. The van der Waals surface area contributed by atoms with Gasteiger partial charge in [-0.1, -0.05) is 12.2 Å². The number of rotatable bonds is 8. The van der Waals surface area contributed by atoms with Gasteiger partial charge in [-0.25, -0.2) is 0 Å². The van der Waals surface area contributed by atoms with Crippen LogP contribution in [0.2, 0.25) is 0 Å². The van der Waals surface area contributed by atoms with Crippen LogP contribution in [-0.2, 0) is 14.4 Å². The lowest BCUT2D eigenvalue weighted by atomic mass is 9.82.